The topological polar surface area (TPSA) is 81.4 Å². The van der Waals surface area contributed by atoms with Gasteiger partial charge in [-0.25, -0.2) is 9.98 Å². The molecular formula is C13H11N5O. The number of nitrogens with one attached hydrogen (secondary N) is 1. The molecule has 0 radical (unpaired) electrons. The minimum atomic E-state index is -0.321. The van der Waals surface area contributed by atoms with Crippen LogP contribution in [0.25, 0.3) is 11.0 Å². The lowest BCUT2D eigenvalue weighted by Crippen LogP contribution is -2.31. The van der Waals surface area contributed by atoms with Gasteiger partial charge in [-0.3, -0.25) is 9.88 Å². The van der Waals surface area contributed by atoms with Crippen LogP contribution in [0.3, 0.4) is 0 Å². The van der Waals surface area contributed by atoms with Crippen molar-refractivity contribution < 1.29 is 4.42 Å². The smallest absolute Gasteiger partial charge is 0.212 e. The first-order chi connectivity index (χ1) is 9.33. The molecule has 94 valence electrons. The second kappa shape index (κ2) is 3.61. The molecular weight excluding hydrogens is 242 g/mol. The maximum absolute atomic E-state index is 5.81. The second-order valence-electron chi connectivity index (χ2n) is 4.32. The molecule has 0 aliphatic carbocycles. The van der Waals surface area contributed by atoms with Gasteiger partial charge in [0.05, 0.1) is 17.3 Å². The molecule has 2 aromatic heterocycles. The summed E-state index contributed by atoms with van der Waals surface area (Å²) in [6.07, 6.45) is 1.31. The van der Waals surface area contributed by atoms with Crippen LogP contribution in [0.1, 0.15) is 11.9 Å². The number of aromatic nitrogens is 2. The maximum Gasteiger partial charge on any atom is 0.212 e. The van der Waals surface area contributed by atoms with E-state index in [1.807, 2.05) is 41.0 Å². The van der Waals surface area contributed by atoms with Crippen LogP contribution in [0.2, 0.25) is 0 Å². The summed E-state index contributed by atoms with van der Waals surface area (Å²) in [6, 6.07) is 11.6. The fourth-order valence-electron chi connectivity index (χ4n) is 2.35. The number of nitrogens with two attached hydrogens (primary N) is 1. The van der Waals surface area contributed by atoms with Gasteiger partial charge < -0.3 is 10.2 Å². The van der Waals surface area contributed by atoms with Gasteiger partial charge >= 0.3 is 0 Å². The molecule has 0 bridgehead atoms. The van der Waals surface area contributed by atoms with Crippen molar-refractivity contribution in [3.05, 3.63) is 48.4 Å². The van der Waals surface area contributed by atoms with Crippen molar-refractivity contribution in [3.63, 3.8) is 0 Å². The van der Waals surface area contributed by atoms with Crippen LogP contribution in [0, 0.1) is 0 Å². The summed E-state index contributed by atoms with van der Waals surface area (Å²) < 4.78 is 7.43. The highest BCUT2D eigenvalue weighted by molar-refractivity contribution is 5.94. The Kier molecular flexibility index (Phi) is 1.94. The third kappa shape index (κ3) is 1.43. The first-order valence-electron chi connectivity index (χ1n) is 5.93. The number of para-hydroxylation sites is 2. The zero-order valence-corrected chi connectivity index (χ0v) is 9.95. The van der Waals surface area contributed by atoms with E-state index in [1.165, 1.54) is 0 Å². The number of nitrogens with zero attached hydrogens (tertiary/aromatic N) is 3. The normalized spacial score (nSPS) is 17.9. The summed E-state index contributed by atoms with van der Waals surface area (Å²) in [5.41, 5.74) is 7.70. The van der Waals surface area contributed by atoms with Crippen LogP contribution < -0.4 is 11.1 Å². The molecule has 1 unspecified atom stereocenters. The Morgan fingerprint density at radius 3 is 2.95 bits per heavy atom. The lowest BCUT2D eigenvalue weighted by atomic mass is 10.3. The molecule has 0 saturated carbocycles. The van der Waals surface area contributed by atoms with E-state index < -0.39 is 0 Å². The average Bonchev–Trinajstić information content (AvgIpc) is 3.04. The minimum absolute atomic E-state index is 0.321. The van der Waals surface area contributed by atoms with Gasteiger partial charge in [-0.05, 0) is 24.3 Å². The Morgan fingerprint density at radius 1 is 1.21 bits per heavy atom. The second-order valence-corrected chi connectivity index (χ2v) is 4.32. The molecule has 3 N–H and O–H groups in total. The fraction of sp³-hybridized carbons (Fsp3) is 0.0769. The van der Waals surface area contributed by atoms with E-state index in [1.54, 1.807) is 6.26 Å². The molecule has 1 aliphatic heterocycles. The van der Waals surface area contributed by atoms with E-state index in [9.17, 15) is 0 Å². The maximum atomic E-state index is 5.81. The number of anilines is 1. The predicted octanol–water partition coefficient (Wildman–Crippen LogP) is 1.92. The number of hydrogen-bond donors (Lipinski definition) is 2. The number of rotatable bonds is 1. The highest BCUT2D eigenvalue weighted by Gasteiger charge is 2.26. The zero-order chi connectivity index (χ0) is 12.8. The Balaban J connectivity index is 2.00. The van der Waals surface area contributed by atoms with Crippen molar-refractivity contribution in [3.8, 4) is 0 Å². The van der Waals surface area contributed by atoms with Gasteiger partial charge in [0.2, 0.25) is 5.95 Å². The van der Waals surface area contributed by atoms with Crippen LogP contribution in [-0.2, 0) is 0 Å². The van der Waals surface area contributed by atoms with Gasteiger partial charge in [-0.2, -0.15) is 0 Å². The lowest BCUT2D eigenvalue weighted by molar-refractivity contribution is 0.441. The predicted molar refractivity (Wildman–Crippen MR) is 71.8 cm³/mol. The van der Waals surface area contributed by atoms with E-state index in [-0.39, 0.29) is 6.17 Å². The lowest BCUT2D eigenvalue weighted by Gasteiger charge is -2.21. The molecule has 0 fully saturated rings. The van der Waals surface area contributed by atoms with Gasteiger partial charge in [-0.15, -0.1) is 0 Å². The first-order valence-corrected chi connectivity index (χ1v) is 5.93. The highest BCUT2D eigenvalue weighted by atomic mass is 16.3. The Bertz CT molecular complexity index is 772. The number of fused-ring (bicyclic) bond motifs is 3. The number of hydrogen-bond acceptors (Lipinski definition) is 5. The molecule has 1 atom stereocenters. The Morgan fingerprint density at radius 2 is 2.11 bits per heavy atom. The van der Waals surface area contributed by atoms with Gasteiger partial charge in [-0.1, -0.05) is 12.1 Å². The number of aliphatic imine (C=N–C) groups is 1. The van der Waals surface area contributed by atoms with Gasteiger partial charge in [0, 0.05) is 0 Å². The third-order valence-electron chi connectivity index (χ3n) is 3.14. The molecule has 3 heterocycles. The van der Waals surface area contributed by atoms with E-state index in [2.05, 4.69) is 15.3 Å². The molecule has 1 aromatic carbocycles. The first kappa shape index (κ1) is 10.2. The van der Waals surface area contributed by atoms with Crippen LogP contribution in [-0.4, -0.2) is 15.5 Å². The highest BCUT2D eigenvalue weighted by Crippen LogP contribution is 2.32. The van der Waals surface area contributed by atoms with Crippen molar-refractivity contribution in [1.29, 1.82) is 0 Å². The summed E-state index contributed by atoms with van der Waals surface area (Å²) in [6.45, 7) is 0. The van der Waals surface area contributed by atoms with Crippen molar-refractivity contribution in [2.45, 2.75) is 6.17 Å². The van der Waals surface area contributed by atoms with Crippen LogP contribution in [0.5, 0.6) is 0 Å². The molecule has 3 aromatic rings. The van der Waals surface area contributed by atoms with Crippen molar-refractivity contribution in [2.24, 2.45) is 10.7 Å². The molecule has 0 saturated heterocycles. The van der Waals surface area contributed by atoms with Crippen LogP contribution in [0.4, 0.5) is 5.95 Å². The minimum Gasteiger partial charge on any atom is -0.465 e. The Hall–Kier alpha value is -2.76. The molecule has 0 spiro atoms. The van der Waals surface area contributed by atoms with E-state index in [0.717, 1.165) is 16.8 Å². The Labute approximate surface area is 108 Å². The monoisotopic (exact) mass is 253 g/mol. The molecule has 0 amide bonds. The van der Waals surface area contributed by atoms with Gasteiger partial charge in [0.1, 0.15) is 5.76 Å². The number of benzene rings is 1. The van der Waals surface area contributed by atoms with E-state index in [4.69, 9.17) is 10.2 Å². The van der Waals surface area contributed by atoms with Gasteiger partial charge in [0.25, 0.3) is 0 Å². The fourth-order valence-corrected chi connectivity index (χ4v) is 2.35. The molecule has 19 heavy (non-hydrogen) atoms. The molecule has 4 rings (SSSR count). The van der Waals surface area contributed by atoms with Crippen LogP contribution in [0.15, 0.2) is 52.1 Å². The van der Waals surface area contributed by atoms with Crippen LogP contribution >= 0.6 is 0 Å². The third-order valence-corrected chi connectivity index (χ3v) is 3.14. The standard InChI is InChI=1S/C13H11N5O/c14-12-16-11(10-6-3-7-19-10)18-9-5-2-1-4-8(9)15-13(18)17-12/h1-7,11H,(H3,14,15,16,17). The summed E-state index contributed by atoms with van der Waals surface area (Å²) in [5.74, 6) is 1.74. The number of furan rings is 1. The summed E-state index contributed by atoms with van der Waals surface area (Å²) in [4.78, 5) is 8.91. The zero-order valence-electron chi connectivity index (χ0n) is 9.95. The van der Waals surface area contributed by atoms with Gasteiger partial charge in [0.15, 0.2) is 12.1 Å². The van der Waals surface area contributed by atoms with E-state index in [0.29, 0.717) is 11.9 Å². The number of imidazole rings is 1. The summed E-state index contributed by atoms with van der Waals surface area (Å²) in [7, 11) is 0. The summed E-state index contributed by atoms with van der Waals surface area (Å²) in [5, 5.41) is 2.98. The van der Waals surface area contributed by atoms with Crippen molar-refractivity contribution >= 4 is 22.9 Å². The van der Waals surface area contributed by atoms with Crippen molar-refractivity contribution in [1.82, 2.24) is 9.55 Å². The number of guanidine groups is 1. The van der Waals surface area contributed by atoms with Crippen molar-refractivity contribution in [2.75, 3.05) is 5.32 Å². The SMILES string of the molecule is NC1=NC(c2ccco2)n2c(nc3ccccc32)N1. The molecule has 1 aliphatic rings. The largest absolute Gasteiger partial charge is 0.465 e. The molecule has 6 heteroatoms. The molecule has 6 nitrogen and oxygen atoms in total. The van der Waals surface area contributed by atoms with E-state index >= 15 is 0 Å². The summed E-state index contributed by atoms with van der Waals surface area (Å²) >= 11 is 0. The average molecular weight is 253 g/mol. The quantitative estimate of drug-likeness (QED) is 0.694.